The molecule has 0 aromatic rings. The van der Waals surface area contributed by atoms with Crippen molar-refractivity contribution in [3.8, 4) is 0 Å². The summed E-state index contributed by atoms with van der Waals surface area (Å²) >= 11 is 0. The van der Waals surface area contributed by atoms with E-state index in [1.165, 1.54) is 11.9 Å². The van der Waals surface area contributed by atoms with Gasteiger partial charge in [0, 0.05) is 33.5 Å². The van der Waals surface area contributed by atoms with Gasteiger partial charge in [-0.25, -0.2) is 0 Å². The predicted molar refractivity (Wildman–Crippen MR) is 71.6 cm³/mol. The van der Waals surface area contributed by atoms with Crippen LogP contribution in [0.15, 0.2) is 0 Å². The minimum atomic E-state index is -1.00. The third-order valence-electron chi connectivity index (χ3n) is 3.68. The van der Waals surface area contributed by atoms with Crippen molar-refractivity contribution in [2.45, 2.75) is 39.5 Å². The number of nitrogens with zero attached hydrogens (tertiary/aromatic N) is 1. The van der Waals surface area contributed by atoms with E-state index in [0.29, 0.717) is 19.4 Å². The summed E-state index contributed by atoms with van der Waals surface area (Å²) in [6.45, 7) is 3.84. The topological polar surface area (TPSA) is 86.7 Å². The molecule has 2 amide bonds. The summed E-state index contributed by atoms with van der Waals surface area (Å²) in [6, 6.07) is 0. The fourth-order valence-electron chi connectivity index (χ4n) is 1.82. The first-order valence-corrected chi connectivity index (χ1v) is 6.51. The molecule has 0 saturated carbocycles. The van der Waals surface area contributed by atoms with Crippen LogP contribution in [0.5, 0.6) is 0 Å². The second-order valence-electron chi connectivity index (χ2n) is 4.71. The normalized spacial score (nSPS) is 10.9. The van der Waals surface area contributed by atoms with E-state index in [1.54, 1.807) is 20.9 Å². The molecule has 0 rings (SSSR count). The highest BCUT2D eigenvalue weighted by Gasteiger charge is 2.37. The summed E-state index contributed by atoms with van der Waals surface area (Å²) in [4.78, 5) is 35.8. The van der Waals surface area contributed by atoms with Crippen molar-refractivity contribution >= 4 is 17.8 Å². The van der Waals surface area contributed by atoms with Crippen molar-refractivity contribution < 1.29 is 19.5 Å². The van der Waals surface area contributed by atoms with Gasteiger partial charge in [-0.3, -0.25) is 14.4 Å². The van der Waals surface area contributed by atoms with Gasteiger partial charge in [0.1, 0.15) is 0 Å². The minimum absolute atomic E-state index is 0.0282. The average molecular weight is 272 g/mol. The third kappa shape index (κ3) is 4.89. The van der Waals surface area contributed by atoms with E-state index in [4.69, 9.17) is 0 Å². The van der Waals surface area contributed by atoms with Crippen LogP contribution in [0, 0.1) is 5.41 Å². The summed E-state index contributed by atoms with van der Waals surface area (Å²) < 4.78 is 0. The molecule has 0 aliphatic carbocycles. The van der Waals surface area contributed by atoms with Crippen LogP contribution >= 0.6 is 0 Å². The first kappa shape index (κ1) is 17.4. The lowest BCUT2D eigenvalue weighted by atomic mass is 9.79. The van der Waals surface area contributed by atoms with Crippen LogP contribution in [0.1, 0.15) is 39.5 Å². The van der Waals surface area contributed by atoms with Crippen LogP contribution in [-0.4, -0.2) is 48.4 Å². The molecular weight excluding hydrogens is 248 g/mol. The van der Waals surface area contributed by atoms with Crippen LogP contribution in [-0.2, 0) is 14.4 Å². The molecule has 0 unspecified atom stereocenters. The van der Waals surface area contributed by atoms with Gasteiger partial charge in [0.05, 0.1) is 5.41 Å². The van der Waals surface area contributed by atoms with E-state index in [1.807, 2.05) is 0 Å². The maximum atomic E-state index is 12.0. The zero-order valence-corrected chi connectivity index (χ0v) is 12.2. The SMILES string of the molecule is CCC(CC)(CC(=O)N(C)CCC(=O)NC)C(=O)O. The van der Waals surface area contributed by atoms with Gasteiger partial charge in [-0.15, -0.1) is 0 Å². The van der Waals surface area contributed by atoms with E-state index in [0.717, 1.165) is 0 Å². The molecule has 0 spiro atoms. The number of carbonyl (C=O) groups is 3. The van der Waals surface area contributed by atoms with Crippen molar-refractivity contribution in [3.63, 3.8) is 0 Å². The Labute approximate surface area is 114 Å². The molecular formula is C13H24N2O4. The summed E-state index contributed by atoms with van der Waals surface area (Å²) in [5, 5.41) is 11.8. The molecule has 0 bridgehead atoms. The minimum Gasteiger partial charge on any atom is -0.481 e. The second kappa shape index (κ2) is 7.76. The van der Waals surface area contributed by atoms with Crippen molar-refractivity contribution in [1.82, 2.24) is 10.2 Å². The van der Waals surface area contributed by atoms with Crippen LogP contribution in [0.2, 0.25) is 0 Å². The highest BCUT2D eigenvalue weighted by Crippen LogP contribution is 2.31. The summed E-state index contributed by atoms with van der Waals surface area (Å²) in [5.74, 6) is -1.32. The highest BCUT2D eigenvalue weighted by atomic mass is 16.4. The zero-order chi connectivity index (χ0) is 15.1. The Bertz CT molecular complexity index is 338. The molecule has 0 aliphatic heterocycles. The third-order valence-corrected chi connectivity index (χ3v) is 3.68. The number of carboxylic acid groups (broad SMARTS) is 1. The second-order valence-corrected chi connectivity index (χ2v) is 4.71. The van der Waals surface area contributed by atoms with E-state index in [2.05, 4.69) is 5.32 Å². The fraction of sp³-hybridized carbons (Fsp3) is 0.769. The Hall–Kier alpha value is -1.59. The standard InChI is InChI=1S/C13H24N2O4/c1-5-13(6-2,12(18)19)9-11(17)15(4)8-7-10(16)14-3/h5-9H2,1-4H3,(H,14,16)(H,18,19). The Morgan fingerprint density at radius 2 is 1.74 bits per heavy atom. The first-order valence-electron chi connectivity index (χ1n) is 6.51. The molecule has 2 N–H and O–H groups in total. The molecule has 19 heavy (non-hydrogen) atoms. The molecule has 0 aliphatic rings. The predicted octanol–water partition coefficient (Wildman–Crippen LogP) is 0.862. The van der Waals surface area contributed by atoms with Crippen molar-refractivity contribution in [2.75, 3.05) is 20.6 Å². The lowest BCUT2D eigenvalue weighted by Crippen LogP contribution is -2.39. The smallest absolute Gasteiger partial charge is 0.310 e. The molecule has 6 heteroatoms. The van der Waals surface area contributed by atoms with Gasteiger partial charge in [0.2, 0.25) is 11.8 Å². The number of rotatable bonds is 8. The number of carboxylic acids is 1. The fourth-order valence-corrected chi connectivity index (χ4v) is 1.82. The van der Waals surface area contributed by atoms with Crippen LogP contribution in [0.3, 0.4) is 0 Å². The summed E-state index contributed by atoms with van der Waals surface area (Å²) in [7, 11) is 3.12. The van der Waals surface area contributed by atoms with Gasteiger partial charge >= 0.3 is 5.97 Å². The lowest BCUT2D eigenvalue weighted by Gasteiger charge is -2.28. The van der Waals surface area contributed by atoms with E-state index in [-0.39, 0.29) is 24.7 Å². The zero-order valence-electron chi connectivity index (χ0n) is 12.2. The molecule has 0 aromatic heterocycles. The number of carbonyl (C=O) groups excluding carboxylic acids is 2. The largest absolute Gasteiger partial charge is 0.481 e. The quantitative estimate of drug-likeness (QED) is 0.686. The van der Waals surface area contributed by atoms with Crippen molar-refractivity contribution in [3.05, 3.63) is 0 Å². The number of hydrogen-bond donors (Lipinski definition) is 2. The van der Waals surface area contributed by atoms with Gasteiger partial charge in [-0.2, -0.15) is 0 Å². The van der Waals surface area contributed by atoms with E-state index < -0.39 is 11.4 Å². The van der Waals surface area contributed by atoms with Gasteiger partial charge in [0.25, 0.3) is 0 Å². The number of hydrogen-bond acceptors (Lipinski definition) is 3. The maximum Gasteiger partial charge on any atom is 0.310 e. The molecule has 0 heterocycles. The Morgan fingerprint density at radius 1 is 1.21 bits per heavy atom. The van der Waals surface area contributed by atoms with Crippen LogP contribution in [0.4, 0.5) is 0 Å². The molecule has 110 valence electrons. The van der Waals surface area contributed by atoms with Crippen LogP contribution in [0.25, 0.3) is 0 Å². The number of amides is 2. The van der Waals surface area contributed by atoms with Gasteiger partial charge < -0.3 is 15.3 Å². The van der Waals surface area contributed by atoms with Gasteiger partial charge in [-0.05, 0) is 12.8 Å². The summed E-state index contributed by atoms with van der Waals surface area (Å²) in [5.41, 5.74) is -1.00. The molecule has 0 atom stereocenters. The lowest BCUT2D eigenvalue weighted by molar-refractivity contribution is -0.154. The Kier molecular flexibility index (Phi) is 7.11. The molecule has 0 radical (unpaired) electrons. The molecule has 0 fully saturated rings. The average Bonchev–Trinajstić information content (AvgIpc) is 2.40. The molecule has 0 aromatic carbocycles. The van der Waals surface area contributed by atoms with Crippen molar-refractivity contribution in [1.29, 1.82) is 0 Å². The van der Waals surface area contributed by atoms with Gasteiger partial charge in [0.15, 0.2) is 0 Å². The number of nitrogens with one attached hydrogen (secondary N) is 1. The van der Waals surface area contributed by atoms with E-state index >= 15 is 0 Å². The first-order chi connectivity index (χ1) is 8.82. The Balaban J connectivity index is 4.56. The monoisotopic (exact) mass is 272 g/mol. The van der Waals surface area contributed by atoms with E-state index in [9.17, 15) is 19.5 Å². The summed E-state index contributed by atoms with van der Waals surface area (Å²) in [6.07, 6.45) is 1.01. The van der Waals surface area contributed by atoms with Crippen LogP contribution < -0.4 is 5.32 Å². The highest BCUT2D eigenvalue weighted by molar-refractivity contribution is 5.85. The van der Waals surface area contributed by atoms with Gasteiger partial charge in [-0.1, -0.05) is 13.8 Å². The van der Waals surface area contributed by atoms with Crippen molar-refractivity contribution in [2.24, 2.45) is 5.41 Å². The molecule has 0 saturated heterocycles. The maximum absolute atomic E-state index is 12.0. The molecule has 6 nitrogen and oxygen atoms in total. The number of aliphatic carboxylic acids is 1. The Morgan fingerprint density at radius 3 is 2.11 bits per heavy atom.